The Hall–Kier alpha value is -0.310. The fourth-order valence-corrected chi connectivity index (χ4v) is 0.632. The molecule has 0 radical (unpaired) electrons. The Labute approximate surface area is 45.1 Å². The van der Waals surface area contributed by atoms with Crippen LogP contribution in [-0.4, -0.2) is 29.0 Å². The first kappa shape index (κ1) is 6.69. The lowest BCUT2D eigenvalue weighted by Crippen LogP contribution is -1.97. The van der Waals surface area contributed by atoms with E-state index in [9.17, 15) is 4.79 Å². The van der Waals surface area contributed by atoms with E-state index in [0.717, 1.165) is 0 Å². The molecular formula is C4H8O2S. The second-order valence-electron chi connectivity index (χ2n) is 1.32. The summed E-state index contributed by atoms with van der Waals surface area (Å²) in [7, 11) is -0.195. The second kappa shape index (κ2) is 2.80. The molecule has 0 amide bonds. The maximum absolute atomic E-state index is 9.78. The third-order valence-corrected chi connectivity index (χ3v) is 1.11. The lowest BCUT2D eigenvalue weighted by atomic mass is 10.8. The second-order valence-corrected chi connectivity index (χ2v) is 3.17. The van der Waals surface area contributed by atoms with Gasteiger partial charge in [-0.15, -0.1) is 0 Å². The first-order chi connectivity index (χ1) is 3.13. The molecule has 0 rings (SSSR count). The SMILES string of the molecule is C=S(C)CC(=O)O. The van der Waals surface area contributed by atoms with Gasteiger partial charge in [0.1, 0.15) is 0 Å². The van der Waals surface area contributed by atoms with E-state index in [1.165, 1.54) is 0 Å². The van der Waals surface area contributed by atoms with Crippen LogP contribution in [0.15, 0.2) is 0 Å². The molecular weight excluding hydrogens is 112 g/mol. The Morgan fingerprint density at radius 1 is 2.00 bits per heavy atom. The maximum atomic E-state index is 9.78. The molecule has 0 bridgehead atoms. The molecule has 0 spiro atoms. The van der Waals surface area contributed by atoms with Crippen molar-refractivity contribution in [2.24, 2.45) is 0 Å². The molecule has 0 saturated carbocycles. The zero-order valence-corrected chi connectivity index (χ0v) is 4.99. The molecule has 0 saturated heterocycles. The minimum Gasteiger partial charge on any atom is -0.481 e. The average Bonchev–Trinajstić information content (AvgIpc) is 1.27. The standard InChI is InChI=1S/C4H8O2S/c1-7(2)3-4(5)6/h1,3H2,2H3,(H,5,6). The smallest absolute Gasteiger partial charge is 0.312 e. The highest BCUT2D eigenvalue weighted by molar-refractivity contribution is 8.14. The normalized spacial score (nSPS) is 13.3. The summed E-state index contributed by atoms with van der Waals surface area (Å²) >= 11 is 0. The van der Waals surface area contributed by atoms with Gasteiger partial charge < -0.3 is 5.11 Å². The predicted molar refractivity (Wildman–Crippen MR) is 33.1 cm³/mol. The monoisotopic (exact) mass is 120 g/mol. The van der Waals surface area contributed by atoms with E-state index >= 15 is 0 Å². The maximum Gasteiger partial charge on any atom is 0.312 e. The molecule has 7 heavy (non-hydrogen) atoms. The fourth-order valence-electron chi connectivity index (χ4n) is 0.211. The Balaban J connectivity index is 3.32. The summed E-state index contributed by atoms with van der Waals surface area (Å²) in [5, 5.41) is 8.05. The van der Waals surface area contributed by atoms with Gasteiger partial charge in [-0.3, -0.25) is 4.79 Å². The molecule has 0 aromatic carbocycles. The van der Waals surface area contributed by atoms with Crippen molar-refractivity contribution in [3.63, 3.8) is 0 Å². The van der Waals surface area contributed by atoms with Gasteiger partial charge >= 0.3 is 5.97 Å². The molecule has 0 aromatic rings. The topological polar surface area (TPSA) is 37.3 Å². The predicted octanol–water partition coefficient (Wildman–Crippen LogP) is 0.402. The van der Waals surface area contributed by atoms with Crippen molar-refractivity contribution in [2.75, 3.05) is 12.0 Å². The number of hydrogen-bond donors (Lipinski definition) is 1. The Kier molecular flexibility index (Phi) is 2.67. The first-order valence-corrected chi connectivity index (χ1v) is 3.74. The number of carboxylic acids is 1. The largest absolute Gasteiger partial charge is 0.481 e. The molecule has 0 fully saturated rings. The van der Waals surface area contributed by atoms with E-state index < -0.39 is 5.97 Å². The molecule has 0 aromatic heterocycles. The summed E-state index contributed by atoms with van der Waals surface area (Å²) in [6.07, 6.45) is 1.80. The van der Waals surface area contributed by atoms with Crippen molar-refractivity contribution < 1.29 is 9.90 Å². The van der Waals surface area contributed by atoms with Gasteiger partial charge in [0.05, 0.1) is 5.75 Å². The van der Waals surface area contributed by atoms with E-state index in [-0.39, 0.29) is 16.2 Å². The molecule has 1 unspecified atom stereocenters. The van der Waals surface area contributed by atoms with Crippen molar-refractivity contribution in [1.82, 2.24) is 0 Å². The zero-order valence-electron chi connectivity index (χ0n) is 4.18. The van der Waals surface area contributed by atoms with E-state index in [0.29, 0.717) is 0 Å². The minimum atomic E-state index is -0.763. The van der Waals surface area contributed by atoms with Crippen molar-refractivity contribution in [3.8, 4) is 0 Å². The van der Waals surface area contributed by atoms with Crippen LogP contribution >= 0.6 is 10.5 Å². The Bertz CT molecular complexity index is 85.9. The highest BCUT2D eigenvalue weighted by Crippen LogP contribution is 1.98. The van der Waals surface area contributed by atoms with Crippen LogP contribution in [0, 0.1) is 0 Å². The summed E-state index contributed by atoms with van der Waals surface area (Å²) in [5.74, 6) is 2.96. The quantitative estimate of drug-likeness (QED) is 0.536. The molecule has 0 heterocycles. The van der Waals surface area contributed by atoms with E-state index in [2.05, 4.69) is 5.87 Å². The fraction of sp³-hybridized carbons (Fsp3) is 0.500. The Morgan fingerprint density at radius 3 is 2.43 bits per heavy atom. The summed E-state index contributed by atoms with van der Waals surface area (Å²) < 4.78 is 0. The van der Waals surface area contributed by atoms with Gasteiger partial charge in [-0.1, -0.05) is 5.87 Å². The Morgan fingerprint density at radius 2 is 2.43 bits per heavy atom. The van der Waals surface area contributed by atoms with Gasteiger partial charge in [0.15, 0.2) is 0 Å². The van der Waals surface area contributed by atoms with Crippen molar-refractivity contribution >= 4 is 22.3 Å². The molecule has 1 N–H and O–H groups in total. The van der Waals surface area contributed by atoms with Gasteiger partial charge in [0, 0.05) is 0 Å². The van der Waals surface area contributed by atoms with Crippen molar-refractivity contribution in [1.29, 1.82) is 0 Å². The highest BCUT2D eigenvalue weighted by atomic mass is 32.2. The van der Waals surface area contributed by atoms with Crippen LogP contribution < -0.4 is 0 Å². The van der Waals surface area contributed by atoms with Gasteiger partial charge in [-0.25, -0.2) is 0 Å². The lowest BCUT2D eigenvalue weighted by Gasteiger charge is -1.89. The number of aliphatic carboxylic acids is 1. The van der Waals surface area contributed by atoms with Crippen LogP contribution in [-0.2, 0) is 4.79 Å². The zero-order chi connectivity index (χ0) is 5.86. The van der Waals surface area contributed by atoms with Crippen LogP contribution in [0.5, 0.6) is 0 Å². The van der Waals surface area contributed by atoms with Crippen LogP contribution in [0.2, 0.25) is 0 Å². The summed E-state index contributed by atoms with van der Waals surface area (Å²) in [5.41, 5.74) is 0. The number of rotatable bonds is 2. The van der Waals surface area contributed by atoms with Crippen LogP contribution in [0.4, 0.5) is 0 Å². The van der Waals surface area contributed by atoms with Crippen LogP contribution in [0.25, 0.3) is 0 Å². The molecule has 3 heteroatoms. The van der Waals surface area contributed by atoms with Crippen molar-refractivity contribution in [2.45, 2.75) is 0 Å². The highest BCUT2D eigenvalue weighted by Gasteiger charge is 1.91. The average molecular weight is 120 g/mol. The third kappa shape index (κ3) is 5.69. The summed E-state index contributed by atoms with van der Waals surface area (Å²) in [6.45, 7) is 0. The molecule has 1 atom stereocenters. The molecule has 0 aliphatic carbocycles. The van der Waals surface area contributed by atoms with Gasteiger partial charge in [-0.2, -0.15) is 10.5 Å². The molecule has 0 aliphatic rings. The van der Waals surface area contributed by atoms with Crippen LogP contribution in [0.1, 0.15) is 0 Å². The van der Waals surface area contributed by atoms with Crippen LogP contribution in [0.3, 0.4) is 0 Å². The molecule has 0 aliphatic heterocycles. The van der Waals surface area contributed by atoms with Crippen molar-refractivity contribution in [3.05, 3.63) is 0 Å². The third-order valence-electron chi connectivity index (χ3n) is 0.370. The van der Waals surface area contributed by atoms with E-state index in [4.69, 9.17) is 5.11 Å². The van der Waals surface area contributed by atoms with Gasteiger partial charge in [0.25, 0.3) is 0 Å². The number of hydrogen-bond acceptors (Lipinski definition) is 1. The molecule has 42 valence electrons. The number of carbonyl (C=O) groups is 1. The minimum absolute atomic E-state index is 0.194. The van der Waals surface area contributed by atoms with Gasteiger partial charge in [0.2, 0.25) is 0 Å². The van der Waals surface area contributed by atoms with E-state index in [1.54, 1.807) is 6.26 Å². The van der Waals surface area contributed by atoms with E-state index in [1.807, 2.05) is 0 Å². The first-order valence-electron chi connectivity index (χ1n) is 1.77. The lowest BCUT2D eigenvalue weighted by molar-refractivity contribution is -0.133. The summed E-state index contributed by atoms with van der Waals surface area (Å²) in [6, 6.07) is 0. The molecule has 2 nitrogen and oxygen atoms in total. The van der Waals surface area contributed by atoms with Gasteiger partial charge in [-0.05, 0) is 6.26 Å². The number of carboxylic acid groups (broad SMARTS) is 1. The summed E-state index contributed by atoms with van der Waals surface area (Å²) in [4.78, 5) is 9.78.